The quantitative estimate of drug-likeness (QED) is 0.670. The van der Waals surface area contributed by atoms with Gasteiger partial charge in [-0.25, -0.2) is 0 Å². The van der Waals surface area contributed by atoms with Gasteiger partial charge in [0.1, 0.15) is 0 Å². The van der Waals surface area contributed by atoms with Crippen molar-refractivity contribution in [1.29, 1.82) is 0 Å². The normalized spacial score (nSPS) is 23.6. The largest absolute Gasteiger partial charge is 0.352 e. The van der Waals surface area contributed by atoms with Crippen LogP contribution in [0.3, 0.4) is 0 Å². The molecule has 4 nitrogen and oxygen atoms in total. The fourth-order valence-corrected chi connectivity index (χ4v) is 3.49. The van der Waals surface area contributed by atoms with Crippen molar-refractivity contribution < 1.29 is 9.47 Å². The highest BCUT2D eigenvalue weighted by molar-refractivity contribution is 4.81. The molecular weight excluding hydrogens is 252 g/mol. The molecule has 118 valence electrons. The van der Waals surface area contributed by atoms with E-state index in [1.165, 1.54) is 58.3 Å². The van der Waals surface area contributed by atoms with Gasteiger partial charge in [-0.15, -0.1) is 0 Å². The Morgan fingerprint density at radius 1 is 0.900 bits per heavy atom. The Kier molecular flexibility index (Phi) is 7.28. The molecule has 2 aliphatic rings. The molecule has 0 radical (unpaired) electrons. The van der Waals surface area contributed by atoms with Crippen LogP contribution < -0.4 is 0 Å². The molecule has 2 rings (SSSR count). The lowest BCUT2D eigenvalue weighted by Gasteiger charge is -2.40. The van der Waals surface area contributed by atoms with E-state index in [2.05, 4.69) is 9.80 Å². The van der Waals surface area contributed by atoms with Crippen LogP contribution in [0.15, 0.2) is 0 Å². The molecule has 20 heavy (non-hydrogen) atoms. The van der Waals surface area contributed by atoms with Crippen molar-refractivity contribution in [2.24, 2.45) is 0 Å². The van der Waals surface area contributed by atoms with Crippen molar-refractivity contribution in [1.82, 2.24) is 9.80 Å². The number of likely N-dealkylation sites (tertiary alicyclic amines) is 2. The van der Waals surface area contributed by atoms with Crippen molar-refractivity contribution in [3.8, 4) is 0 Å². The number of nitrogens with zero attached hydrogens (tertiary/aromatic N) is 2. The second-order valence-electron chi connectivity index (χ2n) is 5.97. The van der Waals surface area contributed by atoms with Crippen LogP contribution in [0.4, 0.5) is 0 Å². The smallest absolute Gasteiger partial charge is 0.170 e. The Hall–Kier alpha value is -0.160. The molecule has 0 atom stereocenters. The average molecular weight is 284 g/mol. The van der Waals surface area contributed by atoms with Gasteiger partial charge in [-0.2, -0.15) is 0 Å². The first-order chi connectivity index (χ1) is 9.83. The van der Waals surface area contributed by atoms with Crippen LogP contribution in [0.5, 0.6) is 0 Å². The molecule has 0 aromatic carbocycles. The molecule has 0 bridgehead atoms. The molecule has 4 heteroatoms. The van der Waals surface area contributed by atoms with Gasteiger partial charge in [-0.3, -0.25) is 4.90 Å². The maximum absolute atomic E-state index is 5.65. The average Bonchev–Trinajstić information content (AvgIpc) is 2.49. The topological polar surface area (TPSA) is 24.9 Å². The van der Waals surface area contributed by atoms with E-state index in [9.17, 15) is 0 Å². The van der Waals surface area contributed by atoms with Gasteiger partial charge in [0.2, 0.25) is 0 Å². The first-order valence-electron chi connectivity index (χ1n) is 8.53. The van der Waals surface area contributed by atoms with E-state index in [0.717, 1.165) is 25.8 Å². The summed E-state index contributed by atoms with van der Waals surface area (Å²) in [5.41, 5.74) is 0. The highest BCUT2D eigenvalue weighted by atomic mass is 16.7. The van der Waals surface area contributed by atoms with E-state index < -0.39 is 0 Å². The third-order valence-corrected chi connectivity index (χ3v) is 4.58. The molecule has 0 aromatic heterocycles. The molecular formula is C16H32N2O2. The minimum absolute atomic E-state index is 0.0449. The number of piperidine rings is 2. The van der Waals surface area contributed by atoms with Crippen LogP contribution >= 0.6 is 0 Å². The Morgan fingerprint density at radius 3 is 2.05 bits per heavy atom. The summed E-state index contributed by atoms with van der Waals surface area (Å²) >= 11 is 0. The van der Waals surface area contributed by atoms with Gasteiger partial charge in [0.25, 0.3) is 0 Å². The monoisotopic (exact) mass is 284 g/mol. The van der Waals surface area contributed by atoms with Gasteiger partial charge >= 0.3 is 0 Å². The van der Waals surface area contributed by atoms with E-state index in [4.69, 9.17) is 9.47 Å². The van der Waals surface area contributed by atoms with Crippen LogP contribution in [0.25, 0.3) is 0 Å². The molecule has 2 saturated heterocycles. The lowest BCUT2D eigenvalue weighted by atomic mass is 10.00. The van der Waals surface area contributed by atoms with Gasteiger partial charge < -0.3 is 14.4 Å². The molecule has 0 aromatic rings. The summed E-state index contributed by atoms with van der Waals surface area (Å²) in [5.74, 6) is 0. The van der Waals surface area contributed by atoms with Gasteiger partial charge in [-0.05, 0) is 65.7 Å². The van der Waals surface area contributed by atoms with Gasteiger partial charge in [-0.1, -0.05) is 6.42 Å². The summed E-state index contributed by atoms with van der Waals surface area (Å²) < 4.78 is 11.3. The minimum atomic E-state index is -0.0449. The standard InChI is InChI=1S/C16H32N2O2/c1-3-19-16(20-4-2)14-17-12-8-15(9-13-17)18-10-6-5-7-11-18/h15-16H,3-14H2,1-2H3. The first-order valence-corrected chi connectivity index (χ1v) is 8.53. The molecule has 0 aliphatic carbocycles. The van der Waals surface area contributed by atoms with Crippen LogP contribution in [0, 0.1) is 0 Å². The van der Waals surface area contributed by atoms with Crippen LogP contribution in [0.1, 0.15) is 46.0 Å². The summed E-state index contributed by atoms with van der Waals surface area (Å²) in [6.07, 6.45) is 6.81. The SMILES string of the molecule is CCOC(CN1CCC(N2CCCCC2)CC1)OCC. The molecule has 2 aliphatic heterocycles. The first kappa shape index (κ1) is 16.2. The van der Waals surface area contributed by atoms with Gasteiger partial charge in [0.05, 0.1) is 0 Å². The number of rotatable bonds is 7. The van der Waals surface area contributed by atoms with Crippen molar-refractivity contribution >= 4 is 0 Å². The Bertz CT molecular complexity index is 243. The molecule has 0 saturated carbocycles. The van der Waals surface area contributed by atoms with E-state index >= 15 is 0 Å². The van der Waals surface area contributed by atoms with E-state index in [1.54, 1.807) is 0 Å². The fourth-order valence-electron chi connectivity index (χ4n) is 3.49. The van der Waals surface area contributed by atoms with Crippen LogP contribution in [0.2, 0.25) is 0 Å². The number of hydrogen-bond donors (Lipinski definition) is 0. The summed E-state index contributed by atoms with van der Waals surface area (Å²) in [5, 5.41) is 0. The summed E-state index contributed by atoms with van der Waals surface area (Å²) in [7, 11) is 0. The second-order valence-corrected chi connectivity index (χ2v) is 5.97. The summed E-state index contributed by atoms with van der Waals surface area (Å²) in [6.45, 7) is 11.5. The number of ether oxygens (including phenoxy) is 2. The predicted octanol–water partition coefficient (Wildman–Crippen LogP) is 2.34. The van der Waals surface area contributed by atoms with Gasteiger partial charge in [0, 0.05) is 25.8 Å². The van der Waals surface area contributed by atoms with E-state index in [1.807, 2.05) is 13.8 Å². The third-order valence-electron chi connectivity index (χ3n) is 4.58. The second kappa shape index (κ2) is 8.98. The van der Waals surface area contributed by atoms with E-state index in [0.29, 0.717) is 0 Å². The zero-order valence-corrected chi connectivity index (χ0v) is 13.4. The number of hydrogen-bond acceptors (Lipinski definition) is 4. The van der Waals surface area contributed by atoms with Crippen LogP contribution in [-0.4, -0.2) is 68.1 Å². The maximum atomic E-state index is 5.65. The predicted molar refractivity (Wildman–Crippen MR) is 81.9 cm³/mol. The molecule has 0 N–H and O–H groups in total. The lowest BCUT2D eigenvalue weighted by molar-refractivity contribution is -0.149. The van der Waals surface area contributed by atoms with Crippen molar-refractivity contribution in [2.75, 3.05) is 45.9 Å². The Balaban J connectivity index is 1.69. The zero-order chi connectivity index (χ0) is 14.2. The molecule has 2 heterocycles. The summed E-state index contributed by atoms with van der Waals surface area (Å²) in [4.78, 5) is 5.24. The summed E-state index contributed by atoms with van der Waals surface area (Å²) in [6, 6.07) is 0.823. The van der Waals surface area contributed by atoms with Crippen LogP contribution in [-0.2, 0) is 9.47 Å². The molecule has 0 spiro atoms. The van der Waals surface area contributed by atoms with Crippen molar-refractivity contribution in [2.45, 2.75) is 58.3 Å². The zero-order valence-electron chi connectivity index (χ0n) is 13.4. The Labute approximate surface area is 124 Å². The third kappa shape index (κ3) is 4.99. The highest BCUT2D eigenvalue weighted by Gasteiger charge is 2.26. The maximum Gasteiger partial charge on any atom is 0.170 e. The Morgan fingerprint density at radius 2 is 1.50 bits per heavy atom. The minimum Gasteiger partial charge on any atom is -0.352 e. The fraction of sp³-hybridized carbons (Fsp3) is 1.00. The van der Waals surface area contributed by atoms with Crippen molar-refractivity contribution in [3.05, 3.63) is 0 Å². The highest BCUT2D eigenvalue weighted by Crippen LogP contribution is 2.21. The molecule has 2 fully saturated rings. The van der Waals surface area contributed by atoms with Gasteiger partial charge in [0.15, 0.2) is 6.29 Å². The molecule has 0 amide bonds. The van der Waals surface area contributed by atoms with Crippen molar-refractivity contribution in [3.63, 3.8) is 0 Å². The lowest BCUT2D eigenvalue weighted by Crippen LogP contribution is -2.48. The molecule has 0 unspecified atom stereocenters. The van der Waals surface area contributed by atoms with E-state index in [-0.39, 0.29) is 6.29 Å².